The highest BCUT2D eigenvalue weighted by molar-refractivity contribution is 6.31. The Morgan fingerprint density at radius 3 is 1.92 bits per heavy atom. The molecule has 0 aliphatic carbocycles. The SMILES string of the molecule is CCCCOC[C@H]1OC(c2ccc(Cl)c(CO)c2)C(OCCCC)[C@@H](OCCCC)[C@@H]1OCCCC. The minimum Gasteiger partial charge on any atom is -0.392 e. The molecule has 1 heterocycles. The van der Waals surface area contributed by atoms with Crippen LogP contribution >= 0.6 is 11.6 Å². The topological polar surface area (TPSA) is 66.4 Å². The number of aliphatic hydroxyl groups excluding tert-OH is 1. The molecule has 6 nitrogen and oxygen atoms in total. The molecule has 1 aliphatic heterocycles. The molecule has 0 radical (unpaired) electrons. The van der Waals surface area contributed by atoms with E-state index < -0.39 is 0 Å². The van der Waals surface area contributed by atoms with Crippen LogP contribution in [0.1, 0.15) is 96.3 Å². The van der Waals surface area contributed by atoms with E-state index in [2.05, 4.69) is 27.7 Å². The maximum absolute atomic E-state index is 9.84. The number of hydrogen-bond donors (Lipinski definition) is 1. The fourth-order valence-corrected chi connectivity index (χ4v) is 4.50. The fourth-order valence-electron chi connectivity index (χ4n) is 4.32. The van der Waals surface area contributed by atoms with E-state index in [1.807, 2.05) is 18.2 Å². The van der Waals surface area contributed by atoms with Gasteiger partial charge in [0.15, 0.2) is 0 Å². The third kappa shape index (κ3) is 9.86. The minimum atomic E-state index is -0.387. The largest absolute Gasteiger partial charge is 0.392 e. The third-order valence-corrected chi connectivity index (χ3v) is 6.92. The molecule has 2 unspecified atom stereocenters. The van der Waals surface area contributed by atoms with E-state index in [0.717, 1.165) is 56.9 Å². The number of aliphatic hydroxyl groups is 1. The van der Waals surface area contributed by atoms with Gasteiger partial charge in [0.2, 0.25) is 0 Å². The number of rotatable bonds is 19. The Labute approximate surface area is 223 Å². The van der Waals surface area contributed by atoms with Gasteiger partial charge in [-0.05, 0) is 48.9 Å². The van der Waals surface area contributed by atoms with Gasteiger partial charge in [-0.25, -0.2) is 0 Å². The van der Waals surface area contributed by atoms with Crippen LogP contribution in [-0.2, 0) is 30.3 Å². The Bertz CT molecular complexity index is 702. The molecular weight excluding hydrogens is 480 g/mol. The fraction of sp³-hybridized carbons (Fsp3) is 0.793. The molecule has 0 amide bonds. The van der Waals surface area contributed by atoms with Crippen LogP contribution in [0.25, 0.3) is 0 Å². The molecule has 1 fully saturated rings. The first kappa shape index (κ1) is 31.5. The maximum Gasteiger partial charge on any atom is 0.117 e. The van der Waals surface area contributed by atoms with Crippen LogP contribution in [0.2, 0.25) is 5.02 Å². The predicted molar refractivity (Wildman–Crippen MR) is 145 cm³/mol. The molecule has 0 aromatic heterocycles. The van der Waals surface area contributed by atoms with Gasteiger partial charge in [0, 0.05) is 31.5 Å². The molecule has 5 atom stereocenters. The van der Waals surface area contributed by atoms with Gasteiger partial charge in [-0.2, -0.15) is 0 Å². The molecule has 7 heteroatoms. The highest BCUT2D eigenvalue weighted by Crippen LogP contribution is 2.38. The smallest absolute Gasteiger partial charge is 0.117 e. The molecule has 2 rings (SSSR count). The van der Waals surface area contributed by atoms with Gasteiger partial charge in [0.25, 0.3) is 0 Å². The Morgan fingerprint density at radius 1 is 0.778 bits per heavy atom. The molecule has 208 valence electrons. The van der Waals surface area contributed by atoms with Crippen molar-refractivity contribution in [2.75, 3.05) is 33.0 Å². The van der Waals surface area contributed by atoms with Crippen LogP contribution in [-0.4, -0.2) is 62.6 Å². The minimum absolute atomic E-state index is 0.135. The van der Waals surface area contributed by atoms with Crippen molar-refractivity contribution >= 4 is 11.6 Å². The van der Waals surface area contributed by atoms with E-state index in [1.165, 1.54) is 0 Å². The molecule has 1 aromatic carbocycles. The summed E-state index contributed by atoms with van der Waals surface area (Å²) in [6.07, 6.45) is 6.52. The third-order valence-electron chi connectivity index (χ3n) is 6.55. The summed E-state index contributed by atoms with van der Waals surface area (Å²) < 4.78 is 32.3. The summed E-state index contributed by atoms with van der Waals surface area (Å²) in [7, 11) is 0. The zero-order valence-corrected chi connectivity index (χ0v) is 23.6. The number of hydrogen-bond acceptors (Lipinski definition) is 6. The van der Waals surface area contributed by atoms with Crippen LogP contribution in [0.15, 0.2) is 18.2 Å². The summed E-state index contributed by atoms with van der Waals surface area (Å²) in [5, 5.41) is 10.4. The monoisotopic (exact) mass is 528 g/mol. The number of unbranched alkanes of at least 4 members (excludes halogenated alkanes) is 4. The normalized spacial score (nSPS) is 24.3. The highest BCUT2D eigenvalue weighted by Gasteiger charge is 2.48. The first-order chi connectivity index (χ1) is 17.6. The predicted octanol–water partition coefficient (Wildman–Crippen LogP) is 6.64. The van der Waals surface area contributed by atoms with E-state index in [1.54, 1.807) is 0 Å². The first-order valence-electron chi connectivity index (χ1n) is 14.1. The van der Waals surface area contributed by atoms with Crippen molar-refractivity contribution in [2.45, 2.75) is 116 Å². The molecule has 1 N–H and O–H groups in total. The summed E-state index contributed by atoms with van der Waals surface area (Å²) in [4.78, 5) is 0. The molecule has 0 bridgehead atoms. The lowest BCUT2D eigenvalue weighted by molar-refractivity contribution is -0.268. The van der Waals surface area contributed by atoms with Gasteiger partial charge < -0.3 is 28.8 Å². The van der Waals surface area contributed by atoms with Gasteiger partial charge in [-0.3, -0.25) is 0 Å². The lowest BCUT2D eigenvalue weighted by Crippen LogP contribution is -2.58. The van der Waals surface area contributed by atoms with Crippen molar-refractivity contribution in [1.29, 1.82) is 0 Å². The molecule has 1 saturated heterocycles. The van der Waals surface area contributed by atoms with Crippen molar-refractivity contribution in [3.05, 3.63) is 34.3 Å². The van der Waals surface area contributed by atoms with Gasteiger partial charge in [0.05, 0.1) is 13.2 Å². The van der Waals surface area contributed by atoms with E-state index in [4.69, 9.17) is 35.3 Å². The highest BCUT2D eigenvalue weighted by atomic mass is 35.5. The van der Waals surface area contributed by atoms with Gasteiger partial charge >= 0.3 is 0 Å². The summed E-state index contributed by atoms with van der Waals surface area (Å²) in [6, 6.07) is 5.69. The van der Waals surface area contributed by atoms with Gasteiger partial charge in [-0.1, -0.05) is 71.0 Å². The van der Waals surface area contributed by atoms with Crippen molar-refractivity contribution in [1.82, 2.24) is 0 Å². The molecule has 0 saturated carbocycles. The van der Waals surface area contributed by atoms with Crippen molar-refractivity contribution in [2.24, 2.45) is 0 Å². The first-order valence-corrected chi connectivity index (χ1v) is 14.5. The van der Waals surface area contributed by atoms with Gasteiger partial charge in [0.1, 0.15) is 30.5 Å². The Morgan fingerprint density at radius 2 is 1.33 bits per heavy atom. The molecule has 36 heavy (non-hydrogen) atoms. The van der Waals surface area contributed by atoms with E-state index in [9.17, 15) is 5.11 Å². The van der Waals surface area contributed by atoms with E-state index >= 15 is 0 Å². The van der Waals surface area contributed by atoms with Crippen LogP contribution < -0.4 is 0 Å². The average Bonchev–Trinajstić information content (AvgIpc) is 2.89. The van der Waals surface area contributed by atoms with E-state index in [0.29, 0.717) is 43.6 Å². The van der Waals surface area contributed by atoms with Crippen LogP contribution in [0.3, 0.4) is 0 Å². The average molecular weight is 529 g/mol. The van der Waals surface area contributed by atoms with Crippen molar-refractivity contribution < 1.29 is 28.8 Å². The maximum atomic E-state index is 9.84. The number of benzene rings is 1. The summed E-state index contributed by atoms with van der Waals surface area (Å²) in [5.74, 6) is 0. The second kappa shape index (κ2) is 18.5. The summed E-state index contributed by atoms with van der Waals surface area (Å²) in [5.41, 5.74) is 1.59. The second-order valence-corrected chi connectivity index (χ2v) is 10.0. The molecular formula is C29H49ClO6. The standard InChI is InChI=1S/C29H49ClO6/c1-5-9-15-32-21-25-27(33-16-10-6-2)29(35-18-12-8-4)28(34-17-11-7-3)26(36-25)22-13-14-24(30)23(19-22)20-31/h13-14,19,25-29,31H,5-12,15-18,20-21H2,1-4H3/t25-,26?,27-,28?,29+/m1/s1. The Hall–Kier alpha value is -0.730. The Kier molecular flexibility index (Phi) is 16.2. The van der Waals surface area contributed by atoms with Crippen LogP contribution in [0, 0.1) is 0 Å². The molecule has 0 spiro atoms. The van der Waals surface area contributed by atoms with E-state index in [-0.39, 0.29) is 37.1 Å². The lowest BCUT2D eigenvalue weighted by Gasteiger charge is -2.46. The zero-order chi connectivity index (χ0) is 26.2. The van der Waals surface area contributed by atoms with Crippen LogP contribution in [0.5, 0.6) is 0 Å². The quantitative estimate of drug-likeness (QED) is 0.203. The Balaban J connectivity index is 2.42. The molecule has 1 aromatic rings. The number of halogens is 1. The van der Waals surface area contributed by atoms with Crippen molar-refractivity contribution in [3.63, 3.8) is 0 Å². The second-order valence-electron chi connectivity index (χ2n) is 9.60. The zero-order valence-electron chi connectivity index (χ0n) is 22.9. The van der Waals surface area contributed by atoms with Gasteiger partial charge in [-0.15, -0.1) is 0 Å². The summed E-state index contributed by atoms with van der Waals surface area (Å²) >= 11 is 6.31. The lowest BCUT2D eigenvalue weighted by atomic mass is 9.89. The van der Waals surface area contributed by atoms with Crippen LogP contribution in [0.4, 0.5) is 0 Å². The number of ether oxygens (including phenoxy) is 5. The molecule has 1 aliphatic rings. The summed E-state index contributed by atoms with van der Waals surface area (Å²) in [6.45, 7) is 11.5. The van der Waals surface area contributed by atoms with Crippen molar-refractivity contribution in [3.8, 4) is 0 Å².